The van der Waals surface area contributed by atoms with Crippen molar-refractivity contribution in [1.82, 2.24) is 9.80 Å². The first-order chi connectivity index (χ1) is 10.3. The van der Waals surface area contributed by atoms with Crippen LogP contribution in [0.3, 0.4) is 0 Å². The molecule has 122 valence electrons. The van der Waals surface area contributed by atoms with Gasteiger partial charge < -0.3 is 15.1 Å². The molecule has 5 nitrogen and oxygen atoms in total. The maximum Gasteiger partial charge on any atom is 0.320 e. The summed E-state index contributed by atoms with van der Waals surface area (Å²) >= 11 is 0. The molecule has 0 unspecified atom stereocenters. The molecule has 0 saturated heterocycles. The van der Waals surface area contributed by atoms with Gasteiger partial charge in [-0.3, -0.25) is 4.79 Å². The third kappa shape index (κ3) is 4.48. The number of amides is 3. The van der Waals surface area contributed by atoms with Gasteiger partial charge in [0.15, 0.2) is 0 Å². The number of aryl methyl sites for hydroxylation is 1. The molecule has 0 fully saturated rings. The molecule has 0 bridgehead atoms. The van der Waals surface area contributed by atoms with Crippen LogP contribution in [0.4, 0.5) is 10.5 Å². The van der Waals surface area contributed by atoms with Crippen molar-refractivity contribution in [2.45, 2.75) is 40.2 Å². The maximum atomic E-state index is 12.3. The van der Waals surface area contributed by atoms with Crippen molar-refractivity contribution in [1.29, 1.82) is 0 Å². The van der Waals surface area contributed by atoms with Gasteiger partial charge in [-0.1, -0.05) is 19.1 Å². The van der Waals surface area contributed by atoms with Gasteiger partial charge >= 0.3 is 6.03 Å². The highest BCUT2D eigenvalue weighted by Crippen LogP contribution is 2.18. The zero-order chi connectivity index (χ0) is 16.9. The van der Waals surface area contributed by atoms with Crippen molar-refractivity contribution in [3.05, 3.63) is 29.3 Å². The number of anilines is 1. The number of benzene rings is 1. The molecule has 0 heterocycles. The van der Waals surface area contributed by atoms with E-state index in [-0.39, 0.29) is 24.5 Å². The van der Waals surface area contributed by atoms with Gasteiger partial charge in [0, 0.05) is 25.8 Å². The van der Waals surface area contributed by atoms with Gasteiger partial charge in [0.1, 0.15) is 6.54 Å². The van der Waals surface area contributed by atoms with E-state index in [1.165, 1.54) is 4.90 Å². The van der Waals surface area contributed by atoms with Crippen LogP contribution >= 0.6 is 0 Å². The Labute approximate surface area is 133 Å². The Hall–Kier alpha value is -2.04. The van der Waals surface area contributed by atoms with E-state index in [1.54, 1.807) is 19.0 Å². The van der Waals surface area contributed by atoms with Crippen LogP contribution in [0.2, 0.25) is 0 Å². The highest BCUT2D eigenvalue weighted by molar-refractivity contribution is 5.95. The second-order valence-corrected chi connectivity index (χ2v) is 5.86. The minimum Gasteiger partial charge on any atom is -0.331 e. The molecule has 0 aromatic heterocycles. The molecule has 1 N–H and O–H groups in total. The van der Waals surface area contributed by atoms with Crippen molar-refractivity contribution in [3.8, 4) is 0 Å². The lowest BCUT2D eigenvalue weighted by Crippen LogP contribution is -2.47. The minimum atomic E-state index is -0.177. The maximum absolute atomic E-state index is 12.3. The van der Waals surface area contributed by atoms with E-state index in [9.17, 15) is 9.59 Å². The molecule has 0 aliphatic carbocycles. The Kier molecular flexibility index (Phi) is 6.40. The molecule has 5 heteroatoms. The highest BCUT2D eigenvalue weighted by Gasteiger charge is 2.23. The number of hydrogen-bond acceptors (Lipinski definition) is 2. The fraction of sp³-hybridized carbons (Fsp3) is 0.529. The molecule has 0 saturated carbocycles. The van der Waals surface area contributed by atoms with Crippen LogP contribution in [-0.2, 0) is 4.79 Å². The minimum absolute atomic E-state index is 0.0132. The van der Waals surface area contributed by atoms with Gasteiger partial charge in [0.25, 0.3) is 0 Å². The van der Waals surface area contributed by atoms with E-state index in [0.717, 1.165) is 23.2 Å². The fourth-order valence-electron chi connectivity index (χ4n) is 2.12. The fourth-order valence-corrected chi connectivity index (χ4v) is 2.12. The summed E-state index contributed by atoms with van der Waals surface area (Å²) < 4.78 is 0. The first kappa shape index (κ1) is 18.0. The van der Waals surface area contributed by atoms with E-state index >= 15 is 0 Å². The Bertz CT molecular complexity index is 541. The second kappa shape index (κ2) is 7.82. The molecule has 0 aliphatic heterocycles. The molecular formula is C17H27N3O2. The van der Waals surface area contributed by atoms with Crippen molar-refractivity contribution in [2.75, 3.05) is 26.0 Å². The predicted octanol–water partition coefficient (Wildman–Crippen LogP) is 3.02. The summed E-state index contributed by atoms with van der Waals surface area (Å²) in [4.78, 5) is 27.6. The number of hydrogen-bond donors (Lipinski definition) is 1. The van der Waals surface area contributed by atoms with Crippen LogP contribution in [0, 0.1) is 13.8 Å². The second-order valence-electron chi connectivity index (χ2n) is 5.86. The largest absolute Gasteiger partial charge is 0.331 e. The van der Waals surface area contributed by atoms with Crippen LogP contribution in [0.15, 0.2) is 18.2 Å². The van der Waals surface area contributed by atoms with Gasteiger partial charge in [-0.15, -0.1) is 0 Å². The molecule has 0 radical (unpaired) electrons. The summed E-state index contributed by atoms with van der Waals surface area (Å²) in [6.45, 7) is 7.99. The highest BCUT2D eigenvalue weighted by atomic mass is 16.2. The Balaban J connectivity index is 2.83. The van der Waals surface area contributed by atoms with Crippen molar-refractivity contribution in [3.63, 3.8) is 0 Å². The lowest BCUT2D eigenvalue weighted by Gasteiger charge is -2.30. The number of nitrogens with one attached hydrogen (secondary N) is 1. The first-order valence-electron chi connectivity index (χ1n) is 7.61. The zero-order valence-corrected chi connectivity index (χ0v) is 14.4. The Morgan fingerprint density at radius 1 is 1.23 bits per heavy atom. The summed E-state index contributed by atoms with van der Waals surface area (Å²) in [5.41, 5.74) is 2.97. The lowest BCUT2D eigenvalue weighted by atomic mass is 10.1. The molecule has 1 rings (SSSR count). The quantitative estimate of drug-likeness (QED) is 0.909. The van der Waals surface area contributed by atoms with E-state index in [4.69, 9.17) is 0 Å². The molecule has 1 aromatic carbocycles. The summed E-state index contributed by atoms with van der Waals surface area (Å²) in [6.07, 6.45) is 0.802. The molecule has 1 atom stereocenters. The number of urea groups is 1. The normalized spacial score (nSPS) is 11.7. The lowest BCUT2D eigenvalue weighted by molar-refractivity contribution is -0.117. The Morgan fingerprint density at radius 2 is 1.86 bits per heavy atom. The van der Waals surface area contributed by atoms with Gasteiger partial charge in [0.2, 0.25) is 5.91 Å². The van der Waals surface area contributed by atoms with E-state index < -0.39 is 0 Å². The van der Waals surface area contributed by atoms with Crippen molar-refractivity contribution >= 4 is 17.6 Å². The molecule has 1 aromatic rings. The van der Waals surface area contributed by atoms with Gasteiger partial charge in [0.05, 0.1) is 0 Å². The van der Waals surface area contributed by atoms with Crippen LogP contribution < -0.4 is 5.32 Å². The summed E-state index contributed by atoms with van der Waals surface area (Å²) in [5, 5.41) is 2.90. The van der Waals surface area contributed by atoms with Crippen LogP contribution in [-0.4, -0.2) is 48.4 Å². The zero-order valence-electron chi connectivity index (χ0n) is 14.4. The number of carbonyl (C=O) groups is 2. The van der Waals surface area contributed by atoms with E-state index in [2.05, 4.69) is 5.32 Å². The molecular weight excluding hydrogens is 278 g/mol. The molecule has 0 aliphatic rings. The average Bonchev–Trinajstić information content (AvgIpc) is 2.48. The topological polar surface area (TPSA) is 52.7 Å². The third-order valence-corrected chi connectivity index (χ3v) is 3.94. The number of rotatable bonds is 5. The van der Waals surface area contributed by atoms with Gasteiger partial charge in [-0.05, 0) is 44.4 Å². The van der Waals surface area contributed by atoms with Crippen molar-refractivity contribution < 1.29 is 9.59 Å². The first-order valence-corrected chi connectivity index (χ1v) is 7.61. The molecule has 0 spiro atoms. The van der Waals surface area contributed by atoms with Crippen LogP contribution in [0.25, 0.3) is 0 Å². The summed E-state index contributed by atoms with van der Waals surface area (Å²) in [6, 6.07) is 5.66. The predicted molar refractivity (Wildman–Crippen MR) is 90.1 cm³/mol. The third-order valence-electron chi connectivity index (χ3n) is 3.94. The smallest absolute Gasteiger partial charge is 0.320 e. The number of nitrogens with zero attached hydrogens (tertiary/aromatic N) is 2. The SMILES string of the molecule is CC[C@@H](C)N(CC(=O)Nc1cccc(C)c1C)C(=O)N(C)C. The van der Waals surface area contributed by atoms with Crippen molar-refractivity contribution in [2.24, 2.45) is 0 Å². The van der Waals surface area contributed by atoms with Gasteiger partial charge in [-0.25, -0.2) is 4.79 Å². The Morgan fingerprint density at radius 3 is 2.41 bits per heavy atom. The molecule has 3 amide bonds. The summed E-state index contributed by atoms with van der Waals surface area (Å²) in [7, 11) is 3.39. The standard InChI is InChI=1S/C17H27N3O2/c1-7-13(3)20(17(22)19(5)6)11-16(21)18-15-10-8-9-12(2)14(15)4/h8-10,13H,7,11H2,1-6H3,(H,18,21)/t13-/m1/s1. The monoisotopic (exact) mass is 305 g/mol. The van der Waals surface area contributed by atoms with Gasteiger partial charge in [-0.2, -0.15) is 0 Å². The number of carbonyl (C=O) groups excluding carboxylic acids is 2. The average molecular weight is 305 g/mol. The van der Waals surface area contributed by atoms with E-state index in [0.29, 0.717) is 0 Å². The summed E-state index contributed by atoms with van der Waals surface area (Å²) in [5.74, 6) is -0.177. The molecule has 22 heavy (non-hydrogen) atoms. The van der Waals surface area contributed by atoms with Crippen LogP contribution in [0.1, 0.15) is 31.4 Å². The van der Waals surface area contributed by atoms with Crippen LogP contribution in [0.5, 0.6) is 0 Å². The van der Waals surface area contributed by atoms with E-state index in [1.807, 2.05) is 45.9 Å².